The number of amides is 3. The van der Waals surface area contributed by atoms with E-state index in [0.29, 0.717) is 24.2 Å². The van der Waals surface area contributed by atoms with E-state index in [1.54, 1.807) is 4.90 Å². The van der Waals surface area contributed by atoms with Gasteiger partial charge in [-0.25, -0.2) is 0 Å². The van der Waals surface area contributed by atoms with E-state index >= 15 is 0 Å². The van der Waals surface area contributed by atoms with Crippen LogP contribution in [0, 0.1) is 11.2 Å². The fraction of sp³-hybridized carbons (Fsp3) is 0.458. The maximum absolute atomic E-state index is 12.9. The second kappa shape index (κ2) is 12.9. The van der Waals surface area contributed by atoms with E-state index in [9.17, 15) is 14.4 Å². The molecule has 2 aliphatic rings. The van der Waals surface area contributed by atoms with Crippen LogP contribution in [-0.2, 0) is 29.1 Å². The molecule has 180 valence electrons. The summed E-state index contributed by atoms with van der Waals surface area (Å²) in [5.41, 5.74) is 3.52. The number of halogens is 1. The molecule has 34 heavy (non-hydrogen) atoms. The molecule has 1 saturated heterocycles. The topological polar surface area (TPSA) is 97.2 Å². The molecule has 0 aliphatic carbocycles. The van der Waals surface area contributed by atoms with Gasteiger partial charge < -0.3 is 4.90 Å². The van der Waals surface area contributed by atoms with Gasteiger partial charge in [-0.1, -0.05) is 37.6 Å². The van der Waals surface area contributed by atoms with Crippen LogP contribution in [0.4, 0.5) is 0 Å². The van der Waals surface area contributed by atoms with Crippen LogP contribution in [0.25, 0.3) is 0 Å². The van der Waals surface area contributed by atoms with E-state index in [2.05, 4.69) is 54.1 Å². The molecular formula is C24H28IN5O3S. The van der Waals surface area contributed by atoms with Gasteiger partial charge in [0.15, 0.2) is 5.69 Å². The Morgan fingerprint density at radius 3 is 2.79 bits per heavy atom. The zero-order valence-electron chi connectivity index (χ0n) is 19.3. The molecule has 2 aromatic rings. The van der Waals surface area contributed by atoms with Crippen LogP contribution in [0.15, 0.2) is 24.4 Å². The van der Waals surface area contributed by atoms with E-state index in [0.717, 1.165) is 43.4 Å². The van der Waals surface area contributed by atoms with Crippen molar-refractivity contribution in [2.24, 2.45) is 0 Å². The number of aromatic nitrogens is 3. The van der Waals surface area contributed by atoms with E-state index in [4.69, 9.17) is 0 Å². The summed E-state index contributed by atoms with van der Waals surface area (Å²) in [5, 5.41) is 13.4. The Labute approximate surface area is 216 Å². The number of hydrogen-bond donors (Lipinski definition) is 1. The summed E-state index contributed by atoms with van der Waals surface area (Å²) >= 11 is 2.12. The zero-order valence-corrected chi connectivity index (χ0v) is 22.3. The molecule has 10 heteroatoms. The lowest BCUT2D eigenvalue weighted by Crippen LogP contribution is -2.52. The molecule has 0 bridgehead atoms. The number of nitrogens with one attached hydrogen (secondary N) is 1. The highest BCUT2D eigenvalue weighted by Crippen LogP contribution is 2.30. The summed E-state index contributed by atoms with van der Waals surface area (Å²) in [5.74, 6) is 2.16. The van der Waals surface area contributed by atoms with Crippen LogP contribution in [0.3, 0.4) is 0 Å². The molecule has 0 saturated carbocycles. The average molecular weight is 593 g/mol. The second-order valence-corrected chi connectivity index (χ2v) is 9.50. The fourth-order valence-corrected chi connectivity index (χ4v) is 4.66. The summed E-state index contributed by atoms with van der Waals surface area (Å²) in [6.45, 7) is 5.22. The second-order valence-electron chi connectivity index (χ2n) is 7.82. The fourth-order valence-electron chi connectivity index (χ4n) is 4.19. The highest BCUT2D eigenvalue weighted by atomic mass is 127. The standard InChI is InChI=1S/C22H22IN5O3S.C2H6/c23-32-12-10-16-13-27(26-25-16)11-3-1-2-5-15-6-4-7-17-18(15)14-28(22(17)31)19-8-9-20(29)24-21(19)30;1-2/h4,6-7,13,19H,1-3,5,8-9,11,14H2,(H,24,29,30);1-2H3. The third-order valence-corrected chi connectivity index (χ3v) is 6.61. The lowest BCUT2D eigenvalue weighted by atomic mass is 9.98. The van der Waals surface area contributed by atoms with Crippen molar-refractivity contribution in [2.45, 2.75) is 71.5 Å². The van der Waals surface area contributed by atoms with Gasteiger partial charge >= 0.3 is 0 Å². The van der Waals surface area contributed by atoms with Gasteiger partial charge in [0.2, 0.25) is 11.8 Å². The summed E-state index contributed by atoms with van der Waals surface area (Å²) in [4.78, 5) is 38.2. The van der Waals surface area contributed by atoms with Crippen LogP contribution in [0.5, 0.6) is 0 Å². The minimum Gasteiger partial charge on any atom is -0.322 e. The number of carbonyl (C=O) groups is 3. The molecule has 1 atom stereocenters. The Balaban J connectivity index is 0.00000158. The minimum atomic E-state index is -0.576. The summed E-state index contributed by atoms with van der Waals surface area (Å²) in [6, 6.07) is 5.22. The van der Waals surface area contributed by atoms with Gasteiger partial charge in [0.1, 0.15) is 6.04 Å². The number of fused-ring (bicyclic) bond motifs is 1. The van der Waals surface area contributed by atoms with Gasteiger partial charge in [0, 0.05) is 46.3 Å². The number of carbonyl (C=O) groups excluding carboxylic acids is 3. The number of benzene rings is 1. The first-order chi connectivity index (χ1) is 16.6. The van der Waals surface area contributed by atoms with Gasteiger partial charge in [-0.05, 0) is 63.0 Å². The van der Waals surface area contributed by atoms with Crippen molar-refractivity contribution in [3.63, 3.8) is 0 Å². The average Bonchev–Trinajstić information content (AvgIpc) is 3.43. The predicted molar refractivity (Wildman–Crippen MR) is 140 cm³/mol. The van der Waals surface area contributed by atoms with Crippen LogP contribution in [-0.4, -0.2) is 43.7 Å². The highest BCUT2D eigenvalue weighted by molar-refractivity contribution is 14.2. The molecule has 8 nitrogen and oxygen atoms in total. The van der Waals surface area contributed by atoms with Crippen molar-refractivity contribution in [2.75, 3.05) is 0 Å². The van der Waals surface area contributed by atoms with Crippen LogP contribution in [0.2, 0.25) is 0 Å². The highest BCUT2D eigenvalue weighted by Gasteiger charge is 2.39. The van der Waals surface area contributed by atoms with E-state index in [1.165, 1.54) is 8.93 Å². The minimum absolute atomic E-state index is 0.123. The molecule has 1 aromatic heterocycles. The molecule has 3 amide bonds. The molecule has 1 aromatic carbocycles. The third-order valence-electron chi connectivity index (χ3n) is 5.77. The molecule has 4 rings (SSSR count). The Hall–Kier alpha value is -2.39. The van der Waals surface area contributed by atoms with Gasteiger partial charge in [-0.15, -0.1) is 5.10 Å². The molecular weight excluding hydrogens is 565 g/mol. The molecule has 1 unspecified atom stereocenters. The van der Waals surface area contributed by atoms with Crippen LogP contribution < -0.4 is 5.32 Å². The molecule has 1 N–H and O–H groups in total. The van der Waals surface area contributed by atoms with Crippen molar-refractivity contribution in [3.8, 4) is 11.2 Å². The number of aryl methyl sites for hydroxylation is 2. The van der Waals surface area contributed by atoms with Crippen molar-refractivity contribution in [1.29, 1.82) is 0 Å². The third kappa shape index (κ3) is 6.39. The number of rotatable bonds is 7. The lowest BCUT2D eigenvalue weighted by molar-refractivity contribution is -0.136. The molecule has 3 heterocycles. The van der Waals surface area contributed by atoms with Crippen molar-refractivity contribution >= 4 is 47.9 Å². The van der Waals surface area contributed by atoms with Crippen molar-refractivity contribution in [1.82, 2.24) is 25.2 Å². The molecule has 0 spiro atoms. The SMILES string of the molecule is CC.O=C1CCC(N2Cc3c(CCCCCn4cc(C#CSI)nn4)cccc3C2=O)C(=O)N1. The van der Waals surface area contributed by atoms with Gasteiger partial charge in [-0.2, -0.15) is 0 Å². The van der Waals surface area contributed by atoms with Crippen LogP contribution in [0.1, 0.15) is 73.1 Å². The maximum Gasteiger partial charge on any atom is 0.255 e. The first kappa shape index (κ1) is 26.2. The van der Waals surface area contributed by atoms with E-state index < -0.39 is 6.04 Å². The van der Waals surface area contributed by atoms with Gasteiger partial charge in [-0.3, -0.25) is 24.4 Å². The monoisotopic (exact) mass is 593 g/mol. The van der Waals surface area contributed by atoms with Crippen LogP contribution >= 0.6 is 30.1 Å². The number of nitrogens with zero attached hydrogens (tertiary/aromatic N) is 4. The zero-order chi connectivity index (χ0) is 24.5. The van der Waals surface area contributed by atoms with E-state index in [1.807, 2.05) is 36.9 Å². The first-order valence-electron chi connectivity index (χ1n) is 11.5. The van der Waals surface area contributed by atoms with Crippen molar-refractivity contribution < 1.29 is 14.4 Å². The smallest absolute Gasteiger partial charge is 0.255 e. The van der Waals surface area contributed by atoms with Gasteiger partial charge in [0.05, 0.1) is 6.20 Å². The normalized spacial score (nSPS) is 16.9. The number of hydrogen-bond acceptors (Lipinski definition) is 6. The summed E-state index contributed by atoms with van der Waals surface area (Å²) in [7, 11) is 1.42. The summed E-state index contributed by atoms with van der Waals surface area (Å²) < 4.78 is 1.82. The summed E-state index contributed by atoms with van der Waals surface area (Å²) in [6.07, 6.45) is 6.38. The number of unbranched alkanes of at least 4 members (excludes halogenated alkanes) is 2. The maximum atomic E-state index is 12.9. The molecule has 0 radical (unpaired) electrons. The Bertz CT molecular complexity index is 1110. The molecule has 1 fully saturated rings. The first-order valence-corrected chi connectivity index (χ1v) is 14.9. The lowest BCUT2D eigenvalue weighted by Gasteiger charge is -2.29. The largest absolute Gasteiger partial charge is 0.322 e. The van der Waals surface area contributed by atoms with Gasteiger partial charge in [0.25, 0.3) is 5.91 Å². The van der Waals surface area contributed by atoms with E-state index in [-0.39, 0.29) is 24.1 Å². The number of imide groups is 1. The Morgan fingerprint density at radius 1 is 1.21 bits per heavy atom. The predicted octanol–water partition coefficient (Wildman–Crippen LogP) is 3.87. The number of piperidine rings is 1. The Kier molecular flexibility index (Phi) is 9.95. The molecule has 2 aliphatic heterocycles. The van der Waals surface area contributed by atoms with Crippen molar-refractivity contribution in [3.05, 3.63) is 46.8 Å². The quantitative estimate of drug-likeness (QED) is 0.227. The Morgan fingerprint density at radius 2 is 2.03 bits per heavy atom.